The number of benzene rings is 1. The van der Waals surface area contributed by atoms with E-state index < -0.39 is 0 Å². The van der Waals surface area contributed by atoms with Crippen molar-refractivity contribution in [2.45, 2.75) is 20.3 Å². The Labute approximate surface area is 103 Å². The largest absolute Gasteiger partial charge is 0.465 e. The molecule has 0 aliphatic carbocycles. The molecular formula is C14H21NO2. The van der Waals surface area contributed by atoms with Crippen molar-refractivity contribution in [1.82, 2.24) is 0 Å². The number of nitrogens with zero attached hydrogens (tertiary/aromatic N) is 1. The molecule has 0 aliphatic heterocycles. The summed E-state index contributed by atoms with van der Waals surface area (Å²) >= 11 is 0. The Morgan fingerprint density at radius 1 is 1.35 bits per heavy atom. The van der Waals surface area contributed by atoms with Crippen LogP contribution in [0.4, 0.5) is 5.69 Å². The van der Waals surface area contributed by atoms with Crippen molar-refractivity contribution in [2.75, 3.05) is 25.6 Å². The second-order valence-electron chi connectivity index (χ2n) is 4.43. The maximum Gasteiger partial charge on any atom is 0.337 e. The van der Waals surface area contributed by atoms with Crippen LogP contribution in [0.2, 0.25) is 0 Å². The molecule has 1 atom stereocenters. The zero-order valence-corrected chi connectivity index (χ0v) is 11.1. The number of methoxy groups -OCH3 is 1. The summed E-state index contributed by atoms with van der Waals surface area (Å²) in [5.74, 6) is 0.376. The fraction of sp³-hybridized carbons (Fsp3) is 0.500. The smallest absolute Gasteiger partial charge is 0.337 e. The van der Waals surface area contributed by atoms with Crippen LogP contribution in [0.1, 0.15) is 30.6 Å². The average Bonchev–Trinajstić information content (AvgIpc) is 2.37. The Hall–Kier alpha value is -1.51. The van der Waals surface area contributed by atoms with Gasteiger partial charge in [-0.15, -0.1) is 0 Å². The molecule has 0 saturated heterocycles. The van der Waals surface area contributed by atoms with Gasteiger partial charge in [-0.05, 0) is 30.2 Å². The van der Waals surface area contributed by atoms with Gasteiger partial charge in [-0.3, -0.25) is 0 Å². The predicted octanol–water partition coefficient (Wildman–Crippen LogP) is 2.96. The van der Waals surface area contributed by atoms with Crippen molar-refractivity contribution in [2.24, 2.45) is 5.92 Å². The third-order valence-corrected chi connectivity index (χ3v) is 3.01. The van der Waals surface area contributed by atoms with Gasteiger partial charge < -0.3 is 9.64 Å². The highest BCUT2D eigenvalue weighted by Crippen LogP contribution is 2.16. The molecule has 3 nitrogen and oxygen atoms in total. The van der Waals surface area contributed by atoms with E-state index in [4.69, 9.17) is 0 Å². The van der Waals surface area contributed by atoms with E-state index in [9.17, 15) is 4.79 Å². The van der Waals surface area contributed by atoms with E-state index in [1.54, 1.807) is 12.1 Å². The molecule has 0 saturated carbocycles. The molecule has 1 rings (SSSR count). The summed E-state index contributed by atoms with van der Waals surface area (Å²) in [4.78, 5) is 13.5. The van der Waals surface area contributed by atoms with Gasteiger partial charge in [0.05, 0.1) is 12.7 Å². The second kappa shape index (κ2) is 6.28. The van der Waals surface area contributed by atoms with Crippen LogP contribution in [0.3, 0.4) is 0 Å². The minimum atomic E-state index is -0.291. The standard InChI is InChI=1S/C14H21NO2/c1-5-11(2)10-15(3)13-8-6-12(7-9-13)14(16)17-4/h6-9,11H,5,10H2,1-4H3/t11-/m0/s1. The number of esters is 1. The molecule has 0 fully saturated rings. The zero-order chi connectivity index (χ0) is 12.8. The lowest BCUT2D eigenvalue weighted by atomic mass is 10.1. The Kier molecular flexibility index (Phi) is 5.01. The van der Waals surface area contributed by atoms with Crippen LogP contribution in [-0.2, 0) is 4.74 Å². The molecule has 0 amide bonds. The second-order valence-corrected chi connectivity index (χ2v) is 4.43. The minimum Gasteiger partial charge on any atom is -0.465 e. The lowest BCUT2D eigenvalue weighted by Crippen LogP contribution is -2.23. The first-order valence-electron chi connectivity index (χ1n) is 5.98. The number of carbonyl (C=O) groups excluding carboxylic acids is 1. The lowest BCUT2D eigenvalue weighted by molar-refractivity contribution is 0.0601. The van der Waals surface area contributed by atoms with E-state index >= 15 is 0 Å². The van der Waals surface area contributed by atoms with E-state index in [0.717, 1.165) is 12.2 Å². The van der Waals surface area contributed by atoms with Crippen LogP contribution < -0.4 is 4.90 Å². The zero-order valence-electron chi connectivity index (χ0n) is 11.1. The quantitative estimate of drug-likeness (QED) is 0.735. The third-order valence-electron chi connectivity index (χ3n) is 3.01. The normalized spacial score (nSPS) is 12.0. The predicted molar refractivity (Wildman–Crippen MR) is 70.5 cm³/mol. The number of hydrogen-bond acceptors (Lipinski definition) is 3. The topological polar surface area (TPSA) is 29.5 Å². The molecule has 1 aromatic rings. The summed E-state index contributed by atoms with van der Waals surface area (Å²) in [7, 11) is 3.46. The van der Waals surface area contributed by atoms with Gasteiger partial charge in [0, 0.05) is 19.3 Å². The number of anilines is 1. The molecular weight excluding hydrogens is 214 g/mol. The Bertz CT molecular complexity index is 359. The molecule has 17 heavy (non-hydrogen) atoms. The molecule has 0 heterocycles. The summed E-state index contributed by atoms with van der Waals surface area (Å²) in [6, 6.07) is 7.51. The van der Waals surface area contributed by atoms with E-state index in [2.05, 4.69) is 30.5 Å². The summed E-state index contributed by atoms with van der Waals surface area (Å²) in [5, 5.41) is 0. The van der Waals surface area contributed by atoms with Crippen LogP contribution in [0.25, 0.3) is 0 Å². The van der Waals surface area contributed by atoms with Gasteiger partial charge >= 0.3 is 5.97 Å². The molecule has 0 aliphatic rings. The van der Waals surface area contributed by atoms with Crippen molar-refractivity contribution < 1.29 is 9.53 Å². The molecule has 0 unspecified atom stereocenters. The monoisotopic (exact) mass is 235 g/mol. The Morgan fingerprint density at radius 2 is 1.94 bits per heavy atom. The van der Waals surface area contributed by atoms with Crippen LogP contribution >= 0.6 is 0 Å². The molecule has 94 valence electrons. The molecule has 0 radical (unpaired) electrons. The number of carbonyl (C=O) groups is 1. The molecule has 0 aromatic heterocycles. The van der Waals surface area contributed by atoms with Gasteiger partial charge in [0.1, 0.15) is 0 Å². The lowest BCUT2D eigenvalue weighted by Gasteiger charge is -2.22. The summed E-state index contributed by atoms with van der Waals surface area (Å²) in [6.45, 7) is 5.45. The van der Waals surface area contributed by atoms with Gasteiger partial charge in [-0.25, -0.2) is 4.79 Å². The van der Waals surface area contributed by atoms with E-state index in [1.165, 1.54) is 13.5 Å². The SMILES string of the molecule is CC[C@H](C)CN(C)c1ccc(C(=O)OC)cc1. The summed E-state index contributed by atoms with van der Waals surface area (Å²) in [5.41, 5.74) is 1.71. The van der Waals surface area contributed by atoms with E-state index in [1.807, 2.05) is 12.1 Å². The average molecular weight is 235 g/mol. The third kappa shape index (κ3) is 3.77. The van der Waals surface area contributed by atoms with Crippen molar-refractivity contribution in [3.05, 3.63) is 29.8 Å². The van der Waals surface area contributed by atoms with Crippen molar-refractivity contribution in [1.29, 1.82) is 0 Å². The first kappa shape index (κ1) is 13.6. The van der Waals surface area contributed by atoms with Gasteiger partial charge in [0.2, 0.25) is 0 Å². The molecule has 3 heteroatoms. The number of hydrogen-bond donors (Lipinski definition) is 0. The Balaban J connectivity index is 2.70. The van der Waals surface area contributed by atoms with E-state index in [0.29, 0.717) is 11.5 Å². The Morgan fingerprint density at radius 3 is 2.41 bits per heavy atom. The first-order chi connectivity index (χ1) is 8.08. The van der Waals surface area contributed by atoms with Crippen molar-refractivity contribution in [3.63, 3.8) is 0 Å². The first-order valence-corrected chi connectivity index (χ1v) is 5.98. The molecule has 1 aromatic carbocycles. The maximum absolute atomic E-state index is 11.3. The van der Waals surface area contributed by atoms with Crippen LogP contribution in [-0.4, -0.2) is 26.7 Å². The van der Waals surface area contributed by atoms with E-state index in [-0.39, 0.29) is 5.97 Å². The highest BCUT2D eigenvalue weighted by Gasteiger charge is 2.08. The molecule has 0 bridgehead atoms. The fourth-order valence-electron chi connectivity index (χ4n) is 1.67. The maximum atomic E-state index is 11.3. The highest BCUT2D eigenvalue weighted by molar-refractivity contribution is 5.89. The van der Waals surface area contributed by atoms with Gasteiger partial charge in [0.25, 0.3) is 0 Å². The van der Waals surface area contributed by atoms with Crippen LogP contribution in [0.15, 0.2) is 24.3 Å². The summed E-state index contributed by atoms with van der Waals surface area (Å²) < 4.78 is 4.67. The van der Waals surface area contributed by atoms with Crippen molar-refractivity contribution in [3.8, 4) is 0 Å². The fourth-order valence-corrected chi connectivity index (χ4v) is 1.67. The molecule has 0 N–H and O–H groups in total. The van der Waals surface area contributed by atoms with Crippen molar-refractivity contribution >= 4 is 11.7 Å². The number of ether oxygens (including phenoxy) is 1. The van der Waals surface area contributed by atoms with Crippen LogP contribution in [0, 0.1) is 5.92 Å². The van der Waals surface area contributed by atoms with Gasteiger partial charge in [-0.1, -0.05) is 20.3 Å². The number of rotatable bonds is 5. The molecule has 0 spiro atoms. The van der Waals surface area contributed by atoms with Gasteiger partial charge in [-0.2, -0.15) is 0 Å². The highest BCUT2D eigenvalue weighted by atomic mass is 16.5. The minimum absolute atomic E-state index is 0.291. The summed E-state index contributed by atoms with van der Waals surface area (Å²) in [6.07, 6.45) is 1.17. The van der Waals surface area contributed by atoms with Gasteiger partial charge in [0.15, 0.2) is 0 Å². The van der Waals surface area contributed by atoms with Crippen LogP contribution in [0.5, 0.6) is 0 Å².